The largest absolute Gasteiger partial charge is 0.464 e. The van der Waals surface area contributed by atoms with Crippen molar-refractivity contribution in [3.05, 3.63) is 49.1 Å². The molecule has 0 bridgehead atoms. The molecule has 72 valence electrons. The summed E-state index contributed by atoms with van der Waals surface area (Å²) >= 11 is 0. The Morgan fingerprint density at radius 2 is 2.07 bits per heavy atom. The second kappa shape index (κ2) is 3.20. The van der Waals surface area contributed by atoms with Gasteiger partial charge in [-0.25, -0.2) is 9.97 Å². The third-order valence-electron chi connectivity index (χ3n) is 2.34. The molecule has 0 unspecified atom stereocenters. The number of rotatable bonds is 1. The molecule has 15 heavy (non-hydrogen) atoms. The van der Waals surface area contributed by atoms with Gasteiger partial charge in [0.25, 0.3) is 0 Å². The molecule has 0 fully saturated rings. The molecule has 0 aliphatic carbocycles. The quantitative estimate of drug-likeness (QED) is 0.600. The lowest BCUT2D eigenvalue weighted by atomic mass is 10.1. The third-order valence-corrected chi connectivity index (χ3v) is 2.34. The Hall–Kier alpha value is -2.16. The van der Waals surface area contributed by atoms with Gasteiger partial charge in [0.05, 0.1) is 11.8 Å². The van der Waals surface area contributed by atoms with Crippen LogP contribution in [-0.4, -0.2) is 9.97 Å². The molecule has 0 aliphatic heterocycles. The molecule has 3 aromatic rings. The molecule has 3 nitrogen and oxygen atoms in total. The van der Waals surface area contributed by atoms with Crippen LogP contribution in [0.3, 0.4) is 0 Å². The van der Waals surface area contributed by atoms with Crippen molar-refractivity contribution in [3.63, 3.8) is 0 Å². The van der Waals surface area contributed by atoms with Gasteiger partial charge in [-0.3, -0.25) is 0 Å². The van der Waals surface area contributed by atoms with E-state index in [1.807, 2.05) is 30.3 Å². The standard InChI is InChI=1S/C12H8N2O/c1-3-9(12-5-2-6-15-12)10-7-13-8-14-11(10)4-1/h1-8H. The van der Waals surface area contributed by atoms with Gasteiger partial charge in [0.2, 0.25) is 0 Å². The molecule has 2 aromatic heterocycles. The molecule has 0 aliphatic rings. The number of benzene rings is 1. The van der Waals surface area contributed by atoms with Gasteiger partial charge in [0.15, 0.2) is 0 Å². The lowest BCUT2D eigenvalue weighted by molar-refractivity contribution is 0.583. The number of hydrogen-bond acceptors (Lipinski definition) is 3. The Labute approximate surface area is 86.4 Å². The summed E-state index contributed by atoms with van der Waals surface area (Å²) in [5.41, 5.74) is 1.96. The zero-order valence-corrected chi connectivity index (χ0v) is 7.92. The van der Waals surface area contributed by atoms with E-state index in [2.05, 4.69) is 9.97 Å². The van der Waals surface area contributed by atoms with Crippen molar-refractivity contribution in [3.8, 4) is 11.3 Å². The first kappa shape index (κ1) is 8.17. The van der Waals surface area contributed by atoms with E-state index in [1.165, 1.54) is 0 Å². The van der Waals surface area contributed by atoms with Crippen molar-refractivity contribution in [2.45, 2.75) is 0 Å². The van der Waals surface area contributed by atoms with E-state index in [9.17, 15) is 0 Å². The SMILES string of the molecule is c1coc(-c2cccc3ncncc23)c1. The van der Waals surface area contributed by atoms with Crippen LogP contribution in [0.2, 0.25) is 0 Å². The zero-order chi connectivity index (χ0) is 10.1. The first-order chi connectivity index (χ1) is 7.45. The van der Waals surface area contributed by atoms with Gasteiger partial charge in [-0.2, -0.15) is 0 Å². The summed E-state index contributed by atoms with van der Waals surface area (Å²) in [4.78, 5) is 8.23. The first-order valence-electron chi connectivity index (χ1n) is 4.68. The molecule has 3 heteroatoms. The van der Waals surface area contributed by atoms with Crippen LogP contribution in [0.25, 0.3) is 22.2 Å². The van der Waals surface area contributed by atoms with Gasteiger partial charge in [-0.05, 0) is 18.2 Å². The average Bonchev–Trinajstić information content (AvgIpc) is 2.82. The van der Waals surface area contributed by atoms with Gasteiger partial charge < -0.3 is 4.42 Å². The predicted molar refractivity (Wildman–Crippen MR) is 57.2 cm³/mol. The molecule has 0 radical (unpaired) electrons. The third kappa shape index (κ3) is 1.29. The summed E-state index contributed by atoms with van der Waals surface area (Å²) in [6.45, 7) is 0. The molecule has 0 N–H and O–H groups in total. The van der Waals surface area contributed by atoms with E-state index in [0.717, 1.165) is 22.2 Å². The van der Waals surface area contributed by atoms with Crippen LogP contribution in [0.15, 0.2) is 53.5 Å². The zero-order valence-electron chi connectivity index (χ0n) is 7.92. The second-order valence-corrected chi connectivity index (χ2v) is 3.24. The summed E-state index contributed by atoms with van der Waals surface area (Å²) in [5.74, 6) is 0.843. The Morgan fingerprint density at radius 1 is 1.07 bits per heavy atom. The van der Waals surface area contributed by atoms with Crippen LogP contribution in [0.1, 0.15) is 0 Å². The van der Waals surface area contributed by atoms with Crippen LogP contribution >= 0.6 is 0 Å². The van der Waals surface area contributed by atoms with Crippen molar-refractivity contribution in [1.29, 1.82) is 0 Å². The molecule has 0 saturated heterocycles. The van der Waals surface area contributed by atoms with Crippen molar-refractivity contribution < 1.29 is 4.42 Å². The van der Waals surface area contributed by atoms with E-state index in [-0.39, 0.29) is 0 Å². The van der Waals surface area contributed by atoms with Crippen molar-refractivity contribution in [2.75, 3.05) is 0 Å². The predicted octanol–water partition coefficient (Wildman–Crippen LogP) is 2.89. The normalized spacial score (nSPS) is 10.7. The molecule has 1 aromatic carbocycles. The fraction of sp³-hybridized carbons (Fsp3) is 0. The van der Waals surface area contributed by atoms with Crippen molar-refractivity contribution in [1.82, 2.24) is 9.97 Å². The van der Waals surface area contributed by atoms with Gasteiger partial charge in [0.1, 0.15) is 12.1 Å². The summed E-state index contributed by atoms with van der Waals surface area (Å²) in [6.07, 6.45) is 5.02. The molecular formula is C12H8N2O. The number of hydrogen-bond donors (Lipinski definition) is 0. The molecular weight excluding hydrogens is 188 g/mol. The van der Waals surface area contributed by atoms with E-state index in [4.69, 9.17) is 4.42 Å². The second-order valence-electron chi connectivity index (χ2n) is 3.24. The summed E-state index contributed by atoms with van der Waals surface area (Å²) in [6, 6.07) is 9.74. The minimum atomic E-state index is 0.843. The minimum Gasteiger partial charge on any atom is -0.464 e. The number of furan rings is 1. The number of fused-ring (bicyclic) bond motifs is 1. The Morgan fingerprint density at radius 3 is 2.93 bits per heavy atom. The monoisotopic (exact) mass is 196 g/mol. The van der Waals surface area contributed by atoms with Crippen LogP contribution in [0.5, 0.6) is 0 Å². The topological polar surface area (TPSA) is 38.9 Å². The highest BCUT2D eigenvalue weighted by Gasteiger charge is 2.05. The smallest absolute Gasteiger partial charge is 0.134 e. The van der Waals surface area contributed by atoms with Gasteiger partial charge in [0, 0.05) is 17.1 Å². The molecule has 0 amide bonds. The molecule has 2 heterocycles. The van der Waals surface area contributed by atoms with E-state index < -0.39 is 0 Å². The lowest BCUT2D eigenvalue weighted by Gasteiger charge is -2.01. The van der Waals surface area contributed by atoms with Gasteiger partial charge in [-0.1, -0.05) is 12.1 Å². The molecule has 0 saturated carbocycles. The molecule has 0 spiro atoms. The lowest BCUT2D eigenvalue weighted by Crippen LogP contribution is -1.83. The van der Waals surface area contributed by atoms with Crippen LogP contribution in [0.4, 0.5) is 0 Å². The maximum atomic E-state index is 5.37. The first-order valence-corrected chi connectivity index (χ1v) is 4.68. The van der Waals surface area contributed by atoms with Gasteiger partial charge in [-0.15, -0.1) is 0 Å². The molecule has 0 atom stereocenters. The highest BCUT2D eigenvalue weighted by molar-refractivity contribution is 5.92. The summed E-state index contributed by atoms with van der Waals surface area (Å²) in [7, 11) is 0. The number of nitrogens with zero attached hydrogens (tertiary/aromatic N) is 2. The van der Waals surface area contributed by atoms with Crippen LogP contribution < -0.4 is 0 Å². The van der Waals surface area contributed by atoms with Crippen LogP contribution in [0, 0.1) is 0 Å². The van der Waals surface area contributed by atoms with E-state index in [0.29, 0.717) is 0 Å². The van der Waals surface area contributed by atoms with E-state index >= 15 is 0 Å². The van der Waals surface area contributed by atoms with Crippen molar-refractivity contribution in [2.24, 2.45) is 0 Å². The minimum absolute atomic E-state index is 0.843. The maximum Gasteiger partial charge on any atom is 0.134 e. The summed E-state index contributed by atoms with van der Waals surface area (Å²) < 4.78 is 5.37. The maximum absolute atomic E-state index is 5.37. The van der Waals surface area contributed by atoms with Crippen LogP contribution in [-0.2, 0) is 0 Å². The molecule has 3 rings (SSSR count). The Kier molecular flexibility index (Phi) is 1.75. The summed E-state index contributed by atoms with van der Waals surface area (Å²) in [5, 5.41) is 1.01. The highest BCUT2D eigenvalue weighted by Crippen LogP contribution is 2.26. The number of aromatic nitrogens is 2. The highest BCUT2D eigenvalue weighted by atomic mass is 16.3. The van der Waals surface area contributed by atoms with Gasteiger partial charge >= 0.3 is 0 Å². The van der Waals surface area contributed by atoms with E-state index in [1.54, 1.807) is 18.8 Å². The van der Waals surface area contributed by atoms with Crippen molar-refractivity contribution >= 4 is 10.9 Å². The fourth-order valence-electron chi connectivity index (χ4n) is 1.65. The average molecular weight is 196 g/mol. The fourth-order valence-corrected chi connectivity index (χ4v) is 1.65. The Bertz CT molecular complexity index is 582. The Balaban J connectivity index is 2.36.